The number of hydrogen-bond donors (Lipinski definition) is 3. The molecule has 5 nitrogen and oxygen atoms in total. The summed E-state index contributed by atoms with van der Waals surface area (Å²) >= 11 is 0. The maximum Gasteiger partial charge on any atom is 0.224 e. The Hall–Kier alpha value is -2.16. The van der Waals surface area contributed by atoms with Crippen LogP contribution in [0.25, 0.3) is 0 Å². The van der Waals surface area contributed by atoms with Gasteiger partial charge in [0.25, 0.3) is 0 Å². The molecule has 2 aromatic rings. The van der Waals surface area contributed by atoms with Crippen LogP contribution in [0.4, 0.5) is 10.1 Å². The minimum atomic E-state index is -0.245. The van der Waals surface area contributed by atoms with Crippen LogP contribution < -0.4 is 16.0 Å². The molecule has 0 aromatic heterocycles. The molecule has 0 aliphatic rings. The van der Waals surface area contributed by atoms with E-state index in [1.807, 2.05) is 38.1 Å². The monoisotopic (exact) mass is 498 g/mol. The predicted molar refractivity (Wildman–Crippen MR) is 123 cm³/mol. The molecule has 3 N–H and O–H groups in total. The van der Waals surface area contributed by atoms with E-state index in [9.17, 15) is 9.18 Å². The van der Waals surface area contributed by atoms with Gasteiger partial charge in [-0.2, -0.15) is 0 Å². The highest BCUT2D eigenvalue weighted by molar-refractivity contribution is 14.0. The van der Waals surface area contributed by atoms with Crippen LogP contribution in [0.15, 0.2) is 53.5 Å². The smallest absolute Gasteiger partial charge is 0.224 e. The molecule has 0 saturated carbocycles. The quantitative estimate of drug-likeness (QED) is 0.287. The summed E-state index contributed by atoms with van der Waals surface area (Å²) in [5, 5.41) is 9.33. The molecule has 7 heteroatoms. The zero-order chi connectivity index (χ0) is 19.5. The average Bonchev–Trinajstić information content (AvgIpc) is 2.66. The molecule has 0 radical (unpaired) electrons. The first-order valence-electron chi connectivity index (χ1n) is 9.26. The van der Waals surface area contributed by atoms with Crippen LogP contribution in [0, 0.1) is 5.82 Å². The van der Waals surface area contributed by atoms with Crippen molar-refractivity contribution in [2.24, 2.45) is 4.99 Å². The van der Waals surface area contributed by atoms with E-state index >= 15 is 0 Å². The first-order chi connectivity index (χ1) is 13.1. The number of amides is 1. The Balaban J connectivity index is 0.00000392. The van der Waals surface area contributed by atoms with Gasteiger partial charge in [0.1, 0.15) is 5.82 Å². The van der Waals surface area contributed by atoms with E-state index in [0.29, 0.717) is 25.5 Å². The molecule has 0 bridgehead atoms. The highest BCUT2D eigenvalue weighted by Crippen LogP contribution is 2.12. The SMILES string of the molecule is CCCC(=O)Nc1cccc(CN=C(NCC)NCc2ccc(F)cc2)c1.I. The third-order valence-electron chi connectivity index (χ3n) is 3.82. The molecule has 2 rings (SSSR count). The number of carbonyl (C=O) groups is 1. The van der Waals surface area contributed by atoms with Crippen LogP contribution in [-0.2, 0) is 17.9 Å². The number of anilines is 1. The third-order valence-corrected chi connectivity index (χ3v) is 3.82. The molecule has 0 heterocycles. The van der Waals surface area contributed by atoms with Crippen LogP contribution >= 0.6 is 24.0 Å². The second kappa shape index (κ2) is 13.1. The molecule has 0 spiro atoms. The number of halogens is 2. The number of aliphatic imine (C=N–C) groups is 1. The van der Waals surface area contributed by atoms with Gasteiger partial charge in [0.05, 0.1) is 6.54 Å². The van der Waals surface area contributed by atoms with E-state index in [0.717, 1.165) is 29.8 Å². The second-order valence-electron chi connectivity index (χ2n) is 6.17. The lowest BCUT2D eigenvalue weighted by molar-refractivity contribution is -0.116. The standard InChI is InChI=1S/C21H27FN4O.HI/c1-3-6-20(27)26-19-8-5-7-17(13-19)15-25-21(23-4-2)24-14-16-9-11-18(22)12-10-16;/h5,7-13H,3-4,6,14-15H2,1-2H3,(H,26,27)(H2,23,24,25);1H. The van der Waals surface area contributed by atoms with Gasteiger partial charge in [0.2, 0.25) is 5.91 Å². The second-order valence-corrected chi connectivity index (χ2v) is 6.17. The number of carbonyl (C=O) groups excluding carboxylic acids is 1. The normalized spacial score (nSPS) is 10.8. The summed E-state index contributed by atoms with van der Waals surface area (Å²) in [5.74, 6) is 0.458. The Morgan fingerprint density at radius 1 is 1.04 bits per heavy atom. The fourth-order valence-corrected chi connectivity index (χ4v) is 2.50. The summed E-state index contributed by atoms with van der Waals surface area (Å²) in [4.78, 5) is 16.3. The van der Waals surface area contributed by atoms with Crippen molar-refractivity contribution >= 4 is 41.5 Å². The van der Waals surface area contributed by atoms with Gasteiger partial charge in [0, 0.05) is 25.2 Å². The van der Waals surface area contributed by atoms with Crippen molar-refractivity contribution in [2.45, 2.75) is 39.8 Å². The van der Waals surface area contributed by atoms with Gasteiger partial charge in [-0.25, -0.2) is 9.38 Å². The largest absolute Gasteiger partial charge is 0.357 e. The molecule has 2 aromatic carbocycles. The Kier molecular flexibility index (Phi) is 11.2. The van der Waals surface area contributed by atoms with Crippen molar-refractivity contribution in [1.29, 1.82) is 0 Å². The predicted octanol–water partition coefficient (Wildman–Crippen LogP) is 4.44. The summed E-state index contributed by atoms with van der Waals surface area (Å²) in [7, 11) is 0. The number of hydrogen-bond acceptors (Lipinski definition) is 2. The molecule has 0 fully saturated rings. The van der Waals surface area contributed by atoms with Gasteiger partial charge in [0.15, 0.2) is 5.96 Å². The summed E-state index contributed by atoms with van der Waals surface area (Å²) in [6.07, 6.45) is 1.34. The Morgan fingerprint density at radius 2 is 1.79 bits per heavy atom. The van der Waals surface area contributed by atoms with Gasteiger partial charge in [-0.05, 0) is 48.7 Å². The number of benzene rings is 2. The van der Waals surface area contributed by atoms with Crippen LogP contribution in [-0.4, -0.2) is 18.4 Å². The number of nitrogens with zero attached hydrogens (tertiary/aromatic N) is 1. The number of guanidine groups is 1. The summed E-state index contributed by atoms with van der Waals surface area (Å²) in [6, 6.07) is 14.1. The average molecular weight is 498 g/mol. The lowest BCUT2D eigenvalue weighted by Crippen LogP contribution is -2.36. The van der Waals surface area contributed by atoms with Gasteiger partial charge < -0.3 is 16.0 Å². The fourth-order valence-electron chi connectivity index (χ4n) is 2.50. The molecule has 28 heavy (non-hydrogen) atoms. The molecule has 0 saturated heterocycles. The number of rotatable bonds is 8. The fraction of sp³-hybridized carbons (Fsp3) is 0.333. The first-order valence-corrected chi connectivity index (χ1v) is 9.26. The van der Waals surface area contributed by atoms with E-state index in [2.05, 4.69) is 20.9 Å². The van der Waals surface area contributed by atoms with Crippen molar-refractivity contribution in [2.75, 3.05) is 11.9 Å². The number of nitrogens with one attached hydrogen (secondary N) is 3. The van der Waals surface area contributed by atoms with Gasteiger partial charge in [-0.15, -0.1) is 24.0 Å². The maximum atomic E-state index is 13.0. The van der Waals surface area contributed by atoms with Gasteiger partial charge >= 0.3 is 0 Å². The first kappa shape index (κ1) is 23.9. The summed E-state index contributed by atoms with van der Waals surface area (Å²) < 4.78 is 13.0. The lowest BCUT2D eigenvalue weighted by atomic mass is 10.2. The highest BCUT2D eigenvalue weighted by atomic mass is 127. The Labute approximate surface area is 183 Å². The lowest BCUT2D eigenvalue weighted by Gasteiger charge is -2.12. The summed E-state index contributed by atoms with van der Waals surface area (Å²) in [5.41, 5.74) is 2.76. The molecule has 0 atom stereocenters. The molecule has 152 valence electrons. The van der Waals surface area contributed by atoms with E-state index in [4.69, 9.17) is 0 Å². The molecule has 0 aliphatic carbocycles. The van der Waals surface area contributed by atoms with Gasteiger partial charge in [-0.1, -0.05) is 31.2 Å². The van der Waals surface area contributed by atoms with Crippen LogP contribution in [0.3, 0.4) is 0 Å². The van der Waals surface area contributed by atoms with Crippen LogP contribution in [0.2, 0.25) is 0 Å². The van der Waals surface area contributed by atoms with Crippen LogP contribution in [0.5, 0.6) is 0 Å². The maximum absolute atomic E-state index is 13.0. The van der Waals surface area contributed by atoms with Crippen molar-refractivity contribution in [3.05, 3.63) is 65.5 Å². The zero-order valence-corrected chi connectivity index (χ0v) is 18.6. The molecule has 1 amide bonds. The zero-order valence-electron chi connectivity index (χ0n) is 16.3. The molecular weight excluding hydrogens is 470 g/mol. The van der Waals surface area contributed by atoms with Crippen molar-refractivity contribution in [3.8, 4) is 0 Å². The van der Waals surface area contributed by atoms with E-state index in [-0.39, 0.29) is 35.7 Å². The van der Waals surface area contributed by atoms with E-state index in [1.54, 1.807) is 12.1 Å². The molecule has 0 unspecified atom stereocenters. The minimum absolute atomic E-state index is 0. The Morgan fingerprint density at radius 3 is 2.46 bits per heavy atom. The van der Waals surface area contributed by atoms with Crippen LogP contribution in [0.1, 0.15) is 37.8 Å². The topological polar surface area (TPSA) is 65.5 Å². The molecule has 0 aliphatic heterocycles. The summed E-state index contributed by atoms with van der Waals surface area (Å²) in [6.45, 7) is 5.75. The third kappa shape index (κ3) is 8.69. The van der Waals surface area contributed by atoms with Crippen molar-refractivity contribution in [1.82, 2.24) is 10.6 Å². The van der Waals surface area contributed by atoms with Crippen molar-refractivity contribution in [3.63, 3.8) is 0 Å². The minimum Gasteiger partial charge on any atom is -0.357 e. The van der Waals surface area contributed by atoms with E-state index < -0.39 is 0 Å². The van der Waals surface area contributed by atoms with Crippen molar-refractivity contribution < 1.29 is 9.18 Å². The Bertz CT molecular complexity index is 765. The van der Waals surface area contributed by atoms with E-state index in [1.165, 1.54) is 12.1 Å². The highest BCUT2D eigenvalue weighted by Gasteiger charge is 2.03. The molecular formula is C21H28FIN4O. The van der Waals surface area contributed by atoms with Gasteiger partial charge in [-0.3, -0.25) is 4.79 Å².